The first-order valence-electron chi connectivity index (χ1n) is 8.79. The molecule has 0 bridgehead atoms. The minimum Gasteiger partial charge on any atom is -0.497 e. The molecule has 0 unspecified atom stereocenters. The molecule has 0 aliphatic carbocycles. The van der Waals surface area contributed by atoms with E-state index in [2.05, 4.69) is 0 Å². The monoisotopic (exact) mass is 399 g/mol. The number of carbonyl (C=O) groups excluding carboxylic acids is 2. The molecule has 0 fully saturated rings. The first kappa shape index (κ1) is 19.8. The molecule has 7 heteroatoms. The van der Waals surface area contributed by atoms with Crippen molar-refractivity contribution in [3.63, 3.8) is 0 Å². The summed E-state index contributed by atoms with van der Waals surface area (Å²) in [5.41, 5.74) is 0.861. The van der Waals surface area contributed by atoms with Crippen molar-refractivity contribution < 1.29 is 22.7 Å². The zero-order chi connectivity index (χ0) is 20.3. The minimum absolute atomic E-state index is 0.0222. The van der Waals surface area contributed by atoms with E-state index in [1.807, 2.05) is 30.3 Å². The number of allylic oxidation sites excluding steroid dienone is 1. The third-order valence-electron chi connectivity index (χ3n) is 4.70. The van der Waals surface area contributed by atoms with Crippen molar-refractivity contribution in [1.29, 1.82) is 0 Å². The molecule has 1 amide bonds. The van der Waals surface area contributed by atoms with Crippen LogP contribution in [0.2, 0.25) is 0 Å². The lowest BCUT2D eigenvalue weighted by Crippen LogP contribution is -2.42. The van der Waals surface area contributed by atoms with Crippen molar-refractivity contribution in [2.24, 2.45) is 5.92 Å². The van der Waals surface area contributed by atoms with Crippen LogP contribution in [0.5, 0.6) is 5.75 Å². The van der Waals surface area contributed by atoms with E-state index >= 15 is 0 Å². The predicted molar refractivity (Wildman–Crippen MR) is 104 cm³/mol. The lowest BCUT2D eigenvalue weighted by Gasteiger charge is -2.32. The van der Waals surface area contributed by atoms with E-state index in [9.17, 15) is 18.0 Å². The Kier molecular flexibility index (Phi) is 5.65. The van der Waals surface area contributed by atoms with Crippen LogP contribution in [0.15, 0.2) is 71.8 Å². The van der Waals surface area contributed by atoms with Crippen molar-refractivity contribution in [3.8, 4) is 5.75 Å². The van der Waals surface area contributed by atoms with Crippen molar-refractivity contribution in [1.82, 2.24) is 4.31 Å². The molecular formula is C21H21NO5S. The summed E-state index contributed by atoms with van der Waals surface area (Å²) in [5, 5.41) is 0. The van der Waals surface area contributed by atoms with Gasteiger partial charge in [-0.1, -0.05) is 36.4 Å². The Morgan fingerprint density at radius 2 is 1.71 bits per heavy atom. The molecule has 1 heterocycles. The molecule has 0 saturated carbocycles. The topological polar surface area (TPSA) is 80.8 Å². The second-order valence-electron chi connectivity index (χ2n) is 6.61. The van der Waals surface area contributed by atoms with Crippen molar-refractivity contribution in [2.75, 3.05) is 7.11 Å². The number of carbonyl (C=O) groups is 2. The normalized spacial score (nSPS) is 19.5. The van der Waals surface area contributed by atoms with Crippen molar-refractivity contribution in [3.05, 3.63) is 72.4 Å². The molecule has 28 heavy (non-hydrogen) atoms. The summed E-state index contributed by atoms with van der Waals surface area (Å²) in [6, 6.07) is 15.1. The predicted octanol–water partition coefficient (Wildman–Crippen LogP) is 3.12. The summed E-state index contributed by atoms with van der Waals surface area (Å²) in [6.45, 7) is 1.40. The highest BCUT2D eigenvalue weighted by Gasteiger charge is 2.40. The fraction of sp³-hybridized carbons (Fsp3) is 0.238. The average molecular weight is 399 g/mol. The molecule has 0 N–H and O–H groups in total. The maximum absolute atomic E-state index is 13.1. The quantitative estimate of drug-likeness (QED) is 0.746. The SMILES string of the molecule is COc1ccc(S(=O)(=O)N2C=C[C@H](c3ccccc3)[C@H](CC(C)=O)C2=O)cc1. The Labute approximate surface area is 164 Å². The van der Waals surface area contributed by atoms with Gasteiger partial charge in [0.15, 0.2) is 0 Å². The lowest BCUT2D eigenvalue weighted by molar-refractivity contribution is -0.133. The van der Waals surface area contributed by atoms with E-state index in [1.54, 1.807) is 6.08 Å². The van der Waals surface area contributed by atoms with E-state index in [0.717, 1.165) is 9.87 Å². The maximum Gasteiger partial charge on any atom is 0.270 e. The molecule has 1 aliphatic rings. The smallest absolute Gasteiger partial charge is 0.270 e. The molecule has 0 saturated heterocycles. The van der Waals surface area contributed by atoms with Gasteiger partial charge in [-0.3, -0.25) is 4.79 Å². The number of ether oxygens (including phenoxy) is 1. The Balaban J connectivity index is 2.00. The van der Waals surface area contributed by atoms with Gasteiger partial charge in [-0.2, -0.15) is 0 Å². The standard InChI is InChI=1S/C21H21NO5S/c1-15(23)14-20-19(16-6-4-3-5-7-16)12-13-22(21(20)24)28(25,26)18-10-8-17(27-2)9-11-18/h3-13,19-20H,14H2,1-2H3/t19-,20+/m1/s1. The van der Waals surface area contributed by atoms with Gasteiger partial charge in [0.05, 0.1) is 17.9 Å². The summed E-state index contributed by atoms with van der Waals surface area (Å²) in [7, 11) is -2.60. The van der Waals surface area contributed by atoms with Crippen LogP contribution in [-0.4, -0.2) is 31.5 Å². The number of rotatable bonds is 6. The van der Waals surface area contributed by atoms with Crippen LogP contribution in [0, 0.1) is 5.92 Å². The highest BCUT2D eigenvalue weighted by Crippen LogP contribution is 2.36. The molecule has 0 radical (unpaired) electrons. The largest absolute Gasteiger partial charge is 0.497 e. The van der Waals surface area contributed by atoms with Crippen LogP contribution < -0.4 is 4.74 Å². The molecule has 2 aromatic carbocycles. The van der Waals surface area contributed by atoms with Gasteiger partial charge in [-0.05, 0) is 36.8 Å². The number of ketones is 1. The van der Waals surface area contributed by atoms with Gasteiger partial charge in [0.1, 0.15) is 11.5 Å². The third-order valence-corrected chi connectivity index (χ3v) is 6.39. The number of Topliss-reactive ketones (excluding diaryl/α,β-unsaturated/α-hetero) is 1. The van der Waals surface area contributed by atoms with Gasteiger partial charge < -0.3 is 9.53 Å². The summed E-state index contributed by atoms with van der Waals surface area (Å²) in [5.74, 6) is -1.41. The van der Waals surface area contributed by atoms with Crippen molar-refractivity contribution in [2.45, 2.75) is 24.2 Å². The summed E-state index contributed by atoms with van der Waals surface area (Å²) >= 11 is 0. The third kappa shape index (κ3) is 3.84. The minimum atomic E-state index is -4.08. The number of hydrogen-bond donors (Lipinski definition) is 0. The van der Waals surface area contributed by atoms with Crippen LogP contribution in [0.4, 0.5) is 0 Å². The van der Waals surface area contributed by atoms with Crippen LogP contribution in [0.3, 0.4) is 0 Å². The Hall–Kier alpha value is -2.93. The number of hydrogen-bond acceptors (Lipinski definition) is 5. The molecule has 3 rings (SSSR count). The van der Waals surface area contributed by atoms with Crippen LogP contribution in [0.25, 0.3) is 0 Å². The Morgan fingerprint density at radius 3 is 2.29 bits per heavy atom. The molecule has 0 aromatic heterocycles. The number of methoxy groups -OCH3 is 1. The molecule has 6 nitrogen and oxygen atoms in total. The van der Waals surface area contributed by atoms with Gasteiger partial charge in [-0.25, -0.2) is 12.7 Å². The van der Waals surface area contributed by atoms with E-state index in [0.29, 0.717) is 5.75 Å². The lowest BCUT2D eigenvalue weighted by atomic mass is 9.81. The highest BCUT2D eigenvalue weighted by atomic mass is 32.2. The van der Waals surface area contributed by atoms with E-state index < -0.39 is 21.8 Å². The first-order valence-corrected chi connectivity index (χ1v) is 10.2. The first-order chi connectivity index (χ1) is 13.3. The summed E-state index contributed by atoms with van der Waals surface area (Å²) in [4.78, 5) is 24.9. The molecular weight excluding hydrogens is 378 g/mol. The maximum atomic E-state index is 13.1. The Morgan fingerprint density at radius 1 is 1.07 bits per heavy atom. The highest BCUT2D eigenvalue weighted by molar-refractivity contribution is 7.89. The number of nitrogens with zero attached hydrogens (tertiary/aromatic N) is 1. The average Bonchev–Trinajstić information content (AvgIpc) is 2.69. The second kappa shape index (κ2) is 7.98. The van der Waals surface area contributed by atoms with Crippen LogP contribution >= 0.6 is 0 Å². The molecule has 0 spiro atoms. The number of amides is 1. The van der Waals surface area contributed by atoms with Crippen molar-refractivity contribution >= 4 is 21.7 Å². The Bertz CT molecular complexity index is 997. The summed E-state index contributed by atoms with van der Waals surface area (Å²) in [6.07, 6.45) is 2.93. The second-order valence-corrected chi connectivity index (χ2v) is 8.42. The zero-order valence-corrected chi connectivity index (χ0v) is 16.4. The fourth-order valence-corrected chi connectivity index (χ4v) is 4.61. The number of benzene rings is 2. The molecule has 2 aromatic rings. The molecule has 146 valence electrons. The van der Waals surface area contributed by atoms with Gasteiger partial charge in [0.25, 0.3) is 10.0 Å². The van der Waals surface area contributed by atoms with Gasteiger partial charge in [0.2, 0.25) is 5.91 Å². The zero-order valence-electron chi connectivity index (χ0n) is 15.6. The van der Waals surface area contributed by atoms with E-state index in [-0.39, 0.29) is 23.0 Å². The number of sulfonamides is 1. The summed E-state index contributed by atoms with van der Waals surface area (Å²) < 4.78 is 31.8. The van der Waals surface area contributed by atoms with Crippen LogP contribution in [-0.2, 0) is 19.6 Å². The fourth-order valence-electron chi connectivity index (χ4n) is 3.30. The van der Waals surface area contributed by atoms with E-state index in [1.165, 1.54) is 44.5 Å². The van der Waals surface area contributed by atoms with Crippen LogP contribution in [0.1, 0.15) is 24.8 Å². The molecule has 2 atom stereocenters. The van der Waals surface area contributed by atoms with Gasteiger partial charge in [-0.15, -0.1) is 0 Å². The van der Waals surface area contributed by atoms with E-state index in [4.69, 9.17) is 4.74 Å². The van der Waals surface area contributed by atoms with Gasteiger partial charge in [0, 0.05) is 18.5 Å². The molecule has 1 aliphatic heterocycles. The van der Waals surface area contributed by atoms with Gasteiger partial charge >= 0.3 is 0 Å².